The van der Waals surface area contributed by atoms with E-state index in [-0.39, 0.29) is 0 Å². The Kier molecular flexibility index (Phi) is 5.29. The van der Waals surface area contributed by atoms with Gasteiger partial charge in [-0.05, 0) is 31.0 Å². The van der Waals surface area contributed by atoms with E-state index in [1.165, 1.54) is 11.3 Å². The fourth-order valence-corrected chi connectivity index (χ4v) is 1.88. The normalized spacial score (nSPS) is 12.3. The summed E-state index contributed by atoms with van der Waals surface area (Å²) in [7, 11) is 5.88. The van der Waals surface area contributed by atoms with Gasteiger partial charge in [-0.2, -0.15) is 0 Å². The Bertz CT molecular complexity index is 350. The lowest BCUT2D eigenvalue weighted by atomic mass is 10.1. The third kappa shape index (κ3) is 3.93. The van der Waals surface area contributed by atoms with Gasteiger partial charge in [-0.25, -0.2) is 0 Å². The van der Waals surface area contributed by atoms with E-state index in [0.29, 0.717) is 6.04 Å². The van der Waals surface area contributed by atoms with Gasteiger partial charge in [0.2, 0.25) is 0 Å². The highest BCUT2D eigenvalue weighted by Gasteiger charge is 2.07. The first-order valence-corrected chi connectivity index (χ1v) is 6.12. The highest BCUT2D eigenvalue weighted by atomic mass is 16.5. The Hall–Kier alpha value is -1.22. The van der Waals surface area contributed by atoms with Gasteiger partial charge < -0.3 is 15.0 Å². The number of hydrogen-bond acceptors (Lipinski definition) is 3. The minimum absolute atomic E-state index is 0.373. The van der Waals surface area contributed by atoms with Gasteiger partial charge in [0.15, 0.2) is 0 Å². The van der Waals surface area contributed by atoms with Crippen LogP contribution in [0.25, 0.3) is 0 Å². The van der Waals surface area contributed by atoms with Gasteiger partial charge in [-0.3, -0.25) is 0 Å². The number of anilines is 2. The summed E-state index contributed by atoms with van der Waals surface area (Å²) in [5, 5.41) is 3.50. The molecule has 3 heteroatoms. The predicted molar refractivity (Wildman–Crippen MR) is 75.1 cm³/mol. The summed E-state index contributed by atoms with van der Waals surface area (Å²) in [4.78, 5) is 2.14. The predicted octanol–water partition coefficient (Wildman–Crippen LogP) is 2.90. The molecule has 0 radical (unpaired) electrons. The van der Waals surface area contributed by atoms with Crippen LogP contribution in [-0.2, 0) is 4.74 Å². The molecule has 96 valence electrons. The summed E-state index contributed by atoms with van der Waals surface area (Å²) < 4.78 is 5.20. The lowest BCUT2D eigenvalue weighted by molar-refractivity contribution is 0.184. The molecule has 0 aliphatic heterocycles. The van der Waals surface area contributed by atoms with Crippen LogP contribution in [-0.4, -0.2) is 33.9 Å². The fourth-order valence-electron chi connectivity index (χ4n) is 1.88. The van der Waals surface area contributed by atoms with Crippen molar-refractivity contribution in [2.45, 2.75) is 26.3 Å². The molecule has 1 aromatic carbocycles. The van der Waals surface area contributed by atoms with E-state index >= 15 is 0 Å². The Labute approximate surface area is 105 Å². The maximum absolute atomic E-state index is 5.20. The lowest BCUT2D eigenvalue weighted by Crippen LogP contribution is -2.24. The summed E-state index contributed by atoms with van der Waals surface area (Å²) >= 11 is 0. The first-order chi connectivity index (χ1) is 8.08. The molecule has 1 N–H and O–H groups in total. The highest BCUT2D eigenvalue weighted by molar-refractivity contribution is 5.62. The van der Waals surface area contributed by atoms with Gasteiger partial charge in [-0.1, -0.05) is 13.0 Å². The molecular formula is C14H24N2O. The van der Waals surface area contributed by atoms with Crippen LogP contribution in [0.3, 0.4) is 0 Å². The lowest BCUT2D eigenvalue weighted by Gasteiger charge is -2.21. The van der Waals surface area contributed by atoms with Crippen LogP contribution in [0.15, 0.2) is 18.2 Å². The van der Waals surface area contributed by atoms with Crippen LogP contribution in [0.5, 0.6) is 0 Å². The van der Waals surface area contributed by atoms with Crippen LogP contribution >= 0.6 is 0 Å². The molecule has 0 bridgehead atoms. The van der Waals surface area contributed by atoms with Crippen molar-refractivity contribution in [3.05, 3.63) is 23.8 Å². The number of ether oxygens (including phenoxy) is 1. The van der Waals surface area contributed by atoms with Gasteiger partial charge in [0, 0.05) is 38.6 Å². The standard InChI is InChI=1S/C14H24N2O/c1-6-12(10-17-5)15-13-8-7-11(2)14(9-13)16(3)4/h7-9,12,15H,6,10H2,1-5H3. The molecule has 0 aromatic heterocycles. The van der Waals surface area contributed by atoms with E-state index in [9.17, 15) is 0 Å². The van der Waals surface area contributed by atoms with Gasteiger partial charge >= 0.3 is 0 Å². The molecule has 0 saturated carbocycles. The van der Waals surface area contributed by atoms with Crippen molar-refractivity contribution in [1.82, 2.24) is 0 Å². The Morgan fingerprint density at radius 1 is 1.35 bits per heavy atom. The van der Waals surface area contributed by atoms with Crippen molar-refractivity contribution >= 4 is 11.4 Å². The molecule has 0 spiro atoms. The van der Waals surface area contributed by atoms with Gasteiger partial charge in [0.05, 0.1) is 6.61 Å². The van der Waals surface area contributed by atoms with Gasteiger partial charge in [0.25, 0.3) is 0 Å². The van der Waals surface area contributed by atoms with Crippen LogP contribution in [0.1, 0.15) is 18.9 Å². The first kappa shape index (κ1) is 13.8. The molecule has 0 amide bonds. The average molecular weight is 236 g/mol. The summed E-state index contributed by atoms with van der Waals surface area (Å²) in [5.74, 6) is 0. The first-order valence-electron chi connectivity index (χ1n) is 6.12. The number of nitrogens with zero attached hydrogens (tertiary/aromatic N) is 1. The number of methoxy groups -OCH3 is 1. The number of aryl methyl sites for hydroxylation is 1. The van der Waals surface area contributed by atoms with E-state index < -0.39 is 0 Å². The van der Waals surface area contributed by atoms with Crippen molar-refractivity contribution in [2.75, 3.05) is 38.0 Å². The number of nitrogens with one attached hydrogen (secondary N) is 1. The largest absolute Gasteiger partial charge is 0.383 e. The Morgan fingerprint density at radius 2 is 2.06 bits per heavy atom. The summed E-state index contributed by atoms with van der Waals surface area (Å²) in [6.45, 7) is 5.03. The van der Waals surface area contributed by atoms with Crippen LogP contribution < -0.4 is 10.2 Å². The number of benzene rings is 1. The van der Waals surface area contributed by atoms with Crippen LogP contribution in [0.4, 0.5) is 11.4 Å². The molecule has 0 saturated heterocycles. The second kappa shape index (κ2) is 6.50. The molecule has 1 rings (SSSR count). The maximum atomic E-state index is 5.20. The zero-order valence-electron chi connectivity index (χ0n) is 11.6. The Morgan fingerprint density at radius 3 is 2.59 bits per heavy atom. The fraction of sp³-hybridized carbons (Fsp3) is 0.571. The number of hydrogen-bond donors (Lipinski definition) is 1. The summed E-state index contributed by atoms with van der Waals surface area (Å²) in [6.07, 6.45) is 1.05. The molecule has 0 aliphatic rings. The van der Waals surface area contributed by atoms with Gasteiger partial charge in [-0.15, -0.1) is 0 Å². The second-order valence-electron chi connectivity index (χ2n) is 4.60. The maximum Gasteiger partial charge on any atom is 0.0663 e. The van der Waals surface area contributed by atoms with E-state index in [1.807, 2.05) is 0 Å². The zero-order valence-corrected chi connectivity index (χ0v) is 11.6. The van der Waals surface area contributed by atoms with E-state index in [2.05, 4.69) is 56.4 Å². The van der Waals surface area contributed by atoms with E-state index in [1.54, 1.807) is 7.11 Å². The van der Waals surface area contributed by atoms with Crippen molar-refractivity contribution in [2.24, 2.45) is 0 Å². The molecule has 0 aliphatic carbocycles. The van der Waals surface area contributed by atoms with Crippen molar-refractivity contribution < 1.29 is 4.74 Å². The average Bonchev–Trinajstić information content (AvgIpc) is 2.30. The quantitative estimate of drug-likeness (QED) is 0.822. The molecule has 3 nitrogen and oxygen atoms in total. The van der Waals surface area contributed by atoms with E-state index in [4.69, 9.17) is 4.74 Å². The monoisotopic (exact) mass is 236 g/mol. The second-order valence-corrected chi connectivity index (χ2v) is 4.60. The molecular weight excluding hydrogens is 212 g/mol. The van der Waals surface area contributed by atoms with Crippen molar-refractivity contribution in [3.63, 3.8) is 0 Å². The molecule has 1 unspecified atom stereocenters. The molecule has 1 atom stereocenters. The van der Waals surface area contributed by atoms with Gasteiger partial charge in [0.1, 0.15) is 0 Å². The van der Waals surface area contributed by atoms with Crippen LogP contribution in [0.2, 0.25) is 0 Å². The third-order valence-electron chi connectivity index (χ3n) is 2.92. The summed E-state index contributed by atoms with van der Waals surface area (Å²) in [5.41, 5.74) is 3.70. The van der Waals surface area contributed by atoms with Crippen molar-refractivity contribution in [1.29, 1.82) is 0 Å². The van der Waals surface area contributed by atoms with Crippen molar-refractivity contribution in [3.8, 4) is 0 Å². The molecule has 17 heavy (non-hydrogen) atoms. The Balaban J connectivity index is 2.81. The minimum atomic E-state index is 0.373. The topological polar surface area (TPSA) is 24.5 Å². The highest BCUT2D eigenvalue weighted by Crippen LogP contribution is 2.23. The molecule has 1 aromatic rings. The smallest absolute Gasteiger partial charge is 0.0663 e. The molecule has 0 fully saturated rings. The zero-order chi connectivity index (χ0) is 12.8. The number of rotatable bonds is 6. The van der Waals surface area contributed by atoms with E-state index in [0.717, 1.165) is 18.7 Å². The SMILES string of the molecule is CCC(COC)Nc1ccc(C)c(N(C)C)c1. The summed E-state index contributed by atoms with van der Waals surface area (Å²) in [6, 6.07) is 6.84. The third-order valence-corrected chi connectivity index (χ3v) is 2.92. The van der Waals surface area contributed by atoms with Crippen LogP contribution in [0, 0.1) is 6.92 Å². The molecule has 0 heterocycles. The minimum Gasteiger partial charge on any atom is -0.383 e.